The molecule has 0 N–H and O–H groups in total. The van der Waals surface area contributed by atoms with Crippen molar-refractivity contribution in [2.45, 2.75) is 40.0 Å². The molecule has 13 heavy (non-hydrogen) atoms. The third-order valence-electron chi connectivity index (χ3n) is 1.92. The molecule has 0 aliphatic carbocycles. The van der Waals surface area contributed by atoms with Crippen molar-refractivity contribution in [3.63, 3.8) is 0 Å². The fourth-order valence-electron chi connectivity index (χ4n) is 1.45. The first-order valence-corrected chi connectivity index (χ1v) is 4.91. The van der Waals surface area contributed by atoms with Crippen molar-refractivity contribution in [1.29, 1.82) is 0 Å². The normalized spacial score (nSPS) is 11.0. The molecule has 0 spiro atoms. The minimum Gasteiger partial charge on any atom is -0.501 e. The second kappa shape index (κ2) is 5.85. The van der Waals surface area contributed by atoms with E-state index in [0.717, 1.165) is 19.4 Å². The quantitative estimate of drug-likeness (QED) is 0.428. The summed E-state index contributed by atoms with van der Waals surface area (Å²) < 4.78 is 5.20. The van der Waals surface area contributed by atoms with Crippen LogP contribution in [-0.2, 0) is 4.74 Å². The Balaban J connectivity index is 3.85. The van der Waals surface area contributed by atoms with E-state index in [-0.39, 0.29) is 5.41 Å². The maximum absolute atomic E-state index is 5.20. The number of allylic oxidation sites excluding steroid dienone is 1. The Labute approximate surface area is 82.5 Å². The van der Waals surface area contributed by atoms with E-state index in [0.29, 0.717) is 0 Å². The Hall–Kier alpha value is -0.720. The van der Waals surface area contributed by atoms with Gasteiger partial charge in [-0.05, 0) is 12.8 Å². The van der Waals surface area contributed by atoms with Crippen molar-refractivity contribution in [2.24, 2.45) is 5.41 Å². The predicted octanol–water partition coefficient (Wildman–Crippen LogP) is 3.92. The summed E-state index contributed by atoms with van der Waals surface area (Å²) in [7, 11) is 0. The number of hydrogen-bond donors (Lipinski definition) is 0. The lowest BCUT2D eigenvalue weighted by Crippen LogP contribution is -2.18. The first kappa shape index (κ1) is 12.3. The summed E-state index contributed by atoms with van der Waals surface area (Å²) in [5.41, 5.74) is 1.50. The topological polar surface area (TPSA) is 9.23 Å². The minimum atomic E-state index is 0.181. The van der Waals surface area contributed by atoms with E-state index in [1.165, 1.54) is 18.3 Å². The van der Waals surface area contributed by atoms with E-state index in [2.05, 4.69) is 33.9 Å². The molecule has 0 radical (unpaired) electrons. The third kappa shape index (κ3) is 6.44. The Morgan fingerprint density at radius 3 is 2.54 bits per heavy atom. The van der Waals surface area contributed by atoms with Gasteiger partial charge in [0.1, 0.15) is 0 Å². The molecule has 0 saturated heterocycles. The van der Waals surface area contributed by atoms with Gasteiger partial charge in [-0.3, -0.25) is 0 Å². The minimum absolute atomic E-state index is 0.181. The summed E-state index contributed by atoms with van der Waals surface area (Å²) in [5.74, 6) is 0. The zero-order valence-corrected chi connectivity index (χ0v) is 9.23. The third-order valence-corrected chi connectivity index (χ3v) is 1.92. The summed E-state index contributed by atoms with van der Waals surface area (Å²) in [6, 6.07) is 0. The van der Waals surface area contributed by atoms with E-state index in [9.17, 15) is 0 Å². The molecular formula is C12H22O. The highest BCUT2D eigenvalue weighted by Crippen LogP contribution is 2.26. The Bertz CT molecular complexity index is 168. The molecular weight excluding hydrogens is 160 g/mol. The van der Waals surface area contributed by atoms with Crippen LogP contribution in [0.1, 0.15) is 40.0 Å². The SMILES string of the molecule is C=COCC(C)(C)CC(=C)CCC. The van der Waals surface area contributed by atoms with Gasteiger partial charge in [-0.2, -0.15) is 0 Å². The Morgan fingerprint density at radius 1 is 1.46 bits per heavy atom. The van der Waals surface area contributed by atoms with Gasteiger partial charge in [0, 0.05) is 5.41 Å². The van der Waals surface area contributed by atoms with Crippen LogP contribution in [0.4, 0.5) is 0 Å². The molecule has 0 aliphatic rings. The summed E-state index contributed by atoms with van der Waals surface area (Å²) >= 11 is 0. The van der Waals surface area contributed by atoms with Crippen LogP contribution in [0.25, 0.3) is 0 Å². The van der Waals surface area contributed by atoms with Crippen LogP contribution in [0.15, 0.2) is 25.0 Å². The molecule has 0 saturated carbocycles. The smallest absolute Gasteiger partial charge is 0.0926 e. The van der Waals surface area contributed by atoms with Crippen LogP contribution < -0.4 is 0 Å². The van der Waals surface area contributed by atoms with E-state index >= 15 is 0 Å². The molecule has 1 nitrogen and oxygen atoms in total. The van der Waals surface area contributed by atoms with Crippen molar-refractivity contribution in [2.75, 3.05) is 6.61 Å². The summed E-state index contributed by atoms with van der Waals surface area (Å²) in [6.45, 7) is 14.9. The highest BCUT2D eigenvalue weighted by Gasteiger charge is 2.18. The highest BCUT2D eigenvalue weighted by atomic mass is 16.5. The van der Waals surface area contributed by atoms with E-state index in [4.69, 9.17) is 4.74 Å². The van der Waals surface area contributed by atoms with Crippen LogP contribution in [-0.4, -0.2) is 6.61 Å². The number of rotatable bonds is 7. The van der Waals surface area contributed by atoms with Crippen LogP contribution in [0.5, 0.6) is 0 Å². The van der Waals surface area contributed by atoms with Gasteiger partial charge in [-0.25, -0.2) is 0 Å². The average molecular weight is 182 g/mol. The van der Waals surface area contributed by atoms with Gasteiger partial charge in [-0.15, -0.1) is 0 Å². The zero-order chi connectivity index (χ0) is 10.3. The summed E-state index contributed by atoms with van der Waals surface area (Å²) in [5, 5.41) is 0. The summed E-state index contributed by atoms with van der Waals surface area (Å²) in [6.07, 6.45) is 4.84. The molecule has 0 aromatic heterocycles. The molecule has 0 aliphatic heterocycles. The van der Waals surface area contributed by atoms with Crippen LogP contribution >= 0.6 is 0 Å². The van der Waals surface area contributed by atoms with Gasteiger partial charge in [0.15, 0.2) is 0 Å². The Kier molecular flexibility index (Phi) is 5.52. The van der Waals surface area contributed by atoms with Crippen molar-refractivity contribution in [1.82, 2.24) is 0 Å². The molecule has 0 atom stereocenters. The van der Waals surface area contributed by atoms with Crippen LogP contribution in [0.2, 0.25) is 0 Å². The van der Waals surface area contributed by atoms with Gasteiger partial charge >= 0.3 is 0 Å². The first-order chi connectivity index (χ1) is 6.02. The van der Waals surface area contributed by atoms with Crippen molar-refractivity contribution in [3.05, 3.63) is 25.0 Å². The summed E-state index contributed by atoms with van der Waals surface area (Å²) in [4.78, 5) is 0. The lowest BCUT2D eigenvalue weighted by Gasteiger charge is -2.24. The first-order valence-electron chi connectivity index (χ1n) is 4.91. The number of ether oxygens (including phenoxy) is 1. The van der Waals surface area contributed by atoms with E-state index in [1.807, 2.05) is 0 Å². The van der Waals surface area contributed by atoms with Crippen molar-refractivity contribution < 1.29 is 4.74 Å². The molecule has 76 valence electrons. The maximum Gasteiger partial charge on any atom is 0.0926 e. The molecule has 0 fully saturated rings. The van der Waals surface area contributed by atoms with Crippen molar-refractivity contribution in [3.8, 4) is 0 Å². The second-order valence-corrected chi connectivity index (χ2v) is 4.32. The van der Waals surface area contributed by atoms with Gasteiger partial charge in [0.25, 0.3) is 0 Å². The zero-order valence-electron chi connectivity index (χ0n) is 9.23. The van der Waals surface area contributed by atoms with Gasteiger partial charge < -0.3 is 4.74 Å². The van der Waals surface area contributed by atoms with E-state index in [1.54, 1.807) is 0 Å². The second-order valence-electron chi connectivity index (χ2n) is 4.32. The molecule has 0 unspecified atom stereocenters. The van der Waals surface area contributed by atoms with E-state index < -0.39 is 0 Å². The molecule has 0 heterocycles. The highest BCUT2D eigenvalue weighted by molar-refractivity contribution is 4.98. The molecule has 1 heteroatoms. The van der Waals surface area contributed by atoms with Crippen LogP contribution in [0, 0.1) is 5.41 Å². The predicted molar refractivity (Wildman–Crippen MR) is 58.6 cm³/mol. The Morgan fingerprint density at radius 2 is 2.08 bits per heavy atom. The lowest BCUT2D eigenvalue weighted by molar-refractivity contribution is 0.137. The van der Waals surface area contributed by atoms with Crippen LogP contribution in [0.3, 0.4) is 0 Å². The molecule has 0 amide bonds. The number of hydrogen-bond acceptors (Lipinski definition) is 1. The fraction of sp³-hybridized carbons (Fsp3) is 0.667. The standard InChI is InChI=1S/C12H22O/c1-6-8-11(3)9-12(4,5)10-13-7-2/h7H,2-3,6,8-10H2,1,4-5H3. The monoisotopic (exact) mass is 182 g/mol. The molecule has 0 aromatic rings. The molecule has 0 aromatic carbocycles. The average Bonchev–Trinajstić information content (AvgIpc) is 2.00. The van der Waals surface area contributed by atoms with Gasteiger partial charge in [0.2, 0.25) is 0 Å². The lowest BCUT2D eigenvalue weighted by atomic mass is 9.86. The maximum atomic E-state index is 5.20. The van der Waals surface area contributed by atoms with Gasteiger partial charge in [0.05, 0.1) is 12.9 Å². The van der Waals surface area contributed by atoms with Crippen molar-refractivity contribution >= 4 is 0 Å². The molecule has 0 rings (SSSR count). The fourth-order valence-corrected chi connectivity index (χ4v) is 1.45. The molecule has 0 bridgehead atoms. The largest absolute Gasteiger partial charge is 0.501 e. The van der Waals surface area contributed by atoms with Gasteiger partial charge in [-0.1, -0.05) is 45.9 Å².